The van der Waals surface area contributed by atoms with Gasteiger partial charge in [0.1, 0.15) is 0 Å². The van der Waals surface area contributed by atoms with Gasteiger partial charge in [0.05, 0.1) is 12.7 Å². The molecule has 0 aromatic carbocycles. The largest absolute Gasteiger partial charge is 0.376 e. The molecule has 78 valence electrons. The Hall–Kier alpha value is -0.0800. The second-order valence-electron chi connectivity index (χ2n) is 4.33. The van der Waals surface area contributed by atoms with Gasteiger partial charge in [-0.3, -0.25) is 4.90 Å². The molecule has 1 aliphatic heterocycles. The van der Waals surface area contributed by atoms with Crippen LogP contribution in [-0.2, 0) is 4.74 Å². The highest BCUT2D eigenvalue weighted by Gasteiger charge is 2.26. The molecule has 3 atom stereocenters. The van der Waals surface area contributed by atoms with E-state index in [0.29, 0.717) is 18.2 Å². The highest BCUT2D eigenvalue weighted by Crippen LogP contribution is 2.17. The van der Waals surface area contributed by atoms with Crippen molar-refractivity contribution in [2.45, 2.75) is 58.7 Å². The van der Waals surface area contributed by atoms with Gasteiger partial charge in [0.2, 0.25) is 0 Å². The average molecular weight is 185 g/mol. The normalized spacial score (nSPS) is 33.2. The van der Waals surface area contributed by atoms with E-state index >= 15 is 0 Å². The molecule has 1 saturated heterocycles. The Balaban J connectivity index is 2.44. The van der Waals surface area contributed by atoms with Gasteiger partial charge in [-0.2, -0.15) is 0 Å². The first kappa shape index (κ1) is 11.0. The zero-order valence-corrected chi connectivity index (χ0v) is 9.42. The predicted molar refractivity (Wildman–Crippen MR) is 56.0 cm³/mol. The third kappa shape index (κ3) is 2.96. The van der Waals surface area contributed by atoms with Gasteiger partial charge < -0.3 is 4.74 Å². The van der Waals surface area contributed by atoms with Crippen LogP contribution >= 0.6 is 0 Å². The van der Waals surface area contributed by atoms with Crippen LogP contribution in [0.3, 0.4) is 0 Å². The maximum Gasteiger partial charge on any atom is 0.0674 e. The highest BCUT2D eigenvalue weighted by atomic mass is 16.5. The summed E-state index contributed by atoms with van der Waals surface area (Å²) >= 11 is 0. The minimum absolute atomic E-state index is 0.413. The smallest absolute Gasteiger partial charge is 0.0674 e. The molecule has 0 spiro atoms. The maximum atomic E-state index is 5.61. The van der Waals surface area contributed by atoms with Crippen LogP contribution in [0.15, 0.2) is 0 Å². The van der Waals surface area contributed by atoms with Crippen molar-refractivity contribution < 1.29 is 4.74 Å². The number of morpholine rings is 1. The van der Waals surface area contributed by atoms with E-state index in [-0.39, 0.29) is 0 Å². The fourth-order valence-corrected chi connectivity index (χ4v) is 2.13. The summed E-state index contributed by atoms with van der Waals surface area (Å²) in [6.45, 7) is 11.0. The number of hydrogen-bond acceptors (Lipinski definition) is 2. The van der Waals surface area contributed by atoms with Gasteiger partial charge in [-0.1, -0.05) is 13.3 Å². The van der Waals surface area contributed by atoms with E-state index in [2.05, 4.69) is 32.6 Å². The lowest BCUT2D eigenvalue weighted by Gasteiger charge is -2.40. The lowest BCUT2D eigenvalue weighted by molar-refractivity contribution is -0.0644. The molecule has 0 aromatic rings. The van der Waals surface area contributed by atoms with Crippen molar-refractivity contribution in [1.82, 2.24) is 4.90 Å². The molecule has 2 nitrogen and oxygen atoms in total. The van der Waals surface area contributed by atoms with Crippen molar-refractivity contribution >= 4 is 0 Å². The average Bonchev–Trinajstić information content (AvgIpc) is 2.09. The van der Waals surface area contributed by atoms with Gasteiger partial charge in [0.15, 0.2) is 0 Å². The molecular weight excluding hydrogens is 162 g/mol. The molecule has 2 heteroatoms. The molecule has 1 aliphatic rings. The number of ether oxygens (including phenoxy) is 1. The van der Waals surface area contributed by atoms with Crippen LogP contribution in [0.4, 0.5) is 0 Å². The van der Waals surface area contributed by atoms with Crippen LogP contribution in [0.25, 0.3) is 0 Å². The minimum atomic E-state index is 0.413. The van der Waals surface area contributed by atoms with E-state index in [9.17, 15) is 0 Å². The Morgan fingerprint density at radius 1 is 1.46 bits per heavy atom. The van der Waals surface area contributed by atoms with Gasteiger partial charge >= 0.3 is 0 Å². The Morgan fingerprint density at radius 2 is 2.15 bits per heavy atom. The SMILES string of the molecule is CCCC(C)N1CC(C)OCC1C. The van der Waals surface area contributed by atoms with Crippen molar-refractivity contribution in [2.24, 2.45) is 0 Å². The lowest BCUT2D eigenvalue weighted by Crippen LogP contribution is -2.51. The first-order chi connectivity index (χ1) is 6.15. The van der Waals surface area contributed by atoms with Crippen LogP contribution in [0.1, 0.15) is 40.5 Å². The molecule has 0 aliphatic carbocycles. The zero-order valence-electron chi connectivity index (χ0n) is 9.42. The fraction of sp³-hybridized carbons (Fsp3) is 1.00. The van der Waals surface area contributed by atoms with Crippen LogP contribution in [0.2, 0.25) is 0 Å². The summed E-state index contributed by atoms with van der Waals surface area (Å²) in [5.74, 6) is 0. The van der Waals surface area contributed by atoms with Crippen molar-refractivity contribution in [1.29, 1.82) is 0 Å². The van der Waals surface area contributed by atoms with E-state index in [1.54, 1.807) is 0 Å². The van der Waals surface area contributed by atoms with Crippen molar-refractivity contribution in [3.8, 4) is 0 Å². The topological polar surface area (TPSA) is 12.5 Å². The summed E-state index contributed by atoms with van der Waals surface area (Å²) in [4.78, 5) is 2.58. The Labute approximate surface area is 82.3 Å². The molecule has 1 heterocycles. The Morgan fingerprint density at radius 3 is 2.77 bits per heavy atom. The van der Waals surface area contributed by atoms with E-state index < -0.39 is 0 Å². The van der Waals surface area contributed by atoms with Crippen molar-refractivity contribution in [3.05, 3.63) is 0 Å². The lowest BCUT2D eigenvalue weighted by atomic mass is 10.1. The highest BCUT2D eigenvalue weighted by molar-refractivity contribution is 4.79. The molecule has 0 aromatic heterocycles. The zero-order chi connectivity index (χ0) is 9.84. The monoisotopic (exact) mass is 185 g/mol. The molecule has 0 amide bonds. The summed E-state index contributed by atoms with van der Waals surface area (Å²) < 4.78 is 5.61. The maximum absolute atomic E-state index is 5.61. The first-order valence-electron chi connectivity index (χ1n) is 5.52. The van der Waals surface area contributed by atoms with Gasteiger partial charge in [-0.25, -0.2) is 0 Å². The Bertz CT molecular complexity index is 149. The third-order valence-electron chi connectivity index (χ3n) is 2.93. The summed E-state index contributed by atoms with van der Waals surface area (Å²) in [7, 11) is 0. The Kier molecular flexibility index (Phi) is 4.20. The van der Waals surface area contributed by atoms with Crippen molar-refractivity contribution in [2.75, 3.05) is 13.2 Å². The number of hydrogen-bond donors (Lipinski definition) is 0. The van der Waals surface area contributed by atoms with Crippen molar-refractivity contribution in [3.63, 3.8) is 0 Å². The predicted octanol–water partition coefficient (Wildman–Crippen LogP) is 2.28. The van der Waals surface area contributed by atoms with E-state index in [0.717, 1.165) is 13.2 Å². The minimum Gasteiger partial charge on any atom is -0.376 e. The molecule has 1 rings (SSSR count). The van der Waals surface area contributed by atoms with Crippen LogP contribution in [0, 0.1) is 0 Å². The summed E-state index contributed by atoms with van der Waals surface area (Å²) in [6, 6.07) is 1.31. The van der Waals surface area contributed by atoms with Gasteiger partial charge in [-0.05, 0) is 27.2 Å². The molecule has 3 unspecified atom stereocenters. The quantitative estimate of drug-likeness (QED) is 0.669. The van der Waals surface area contributed by atoms with Gasteiger partial charge in [0.25, 0.3) is 0 Å². The molecule has 13 heavy (non-hydrogen) atoms. The van der Waals surface area contributed by atoms with Gasteiger partial charge in [0, 0.05) is 18.6 Å². The second kappa shape index (κ2) is 4.97. The molecule has 0 bridgehead atoms. The van der Waals surface area contributed by atoms with E-state index in [1.807, 2.05) is 0 Å². The standard InChI is InChI=1S/C11H23NO/c1-5-6-9(2)12-7-11(4)13-8-10(12)3/h9-11H,5-8H2,1-4H3. The van der Waals surface area contributed by atoms with Crippen LogP contribution in [0.5, 0.6) is 0 Å². The number of nitrogens with zero attached hydrogens (tertiary/aromatic N) is 1. The van der Waals surface area contributed by atoms with E-state index in [4.69, 9.17) is 4.74 Å². The third-order valence-corrected chi connectivity index (χ3v) is 2.93. The first-order valence-corrected chi connectivity index (χ1v) is 5.52. The van der Waals surface area contributed by atoms with Gasteiger partial charge in [-0.15, -0.1) is 0 Å². The number of rotatable bonds is 3. The molecule has 0 saturated carbocycles. The molecule has 0 N–H and O–H groups in total. The molecular formula is C11H23NO. The second-order valence-corrected chi connectivity index (χ2v) is 4.33. The van der Waals surface area contributed by atoms with E-state index in [1.165, 1.54) is 12.8 Å². The van der Waals surface area contributed by atoms with Crippen LogP contribution in [-0.4, -0.2) is 36.2 Å². The molecule has 0 radical (unpaired) electrons. The summed E-state index contributed by atoms with van der Waals surface area (Å²) in [6.07, 6.45) is 2.99. The summed E-state index contributed by atoms with van der Waals surface area (Å²) in [5, 5.41) is 0. The fourth-order valence-electron chi connectivity index (χ4n) is 2.13. The van der Waals surface area contributed by atoms with Crippen LogP contribution < -0.4 is 0 Å². The molecule has 1 fully saturated rings. The summed E-state index contributed by atoms with van der Waals surface area (Å²) in [5.41, 5.74) is 0.